The molecule has 4 rings (SSSR count). The third-order valence-electron chi connectivity index (χ3n) is 3.46. The third kappa shape index (κ3) is 2.71. The smallest absolute Gasteiger partial charge is 0.277 e. The zero-order chi connectivity index (χ0) is 16.5. The predicted octanol–water partition coefficient (Wildman–Crippen LogP) is 2.94. The Kier molecular flexibility index (Phi) is 3.66. The second-order valence-electron chi connectivity index (χ2n) is 5.07. The van der Waals surface area contributed by atoms with E-state index in [1.54, 1.807) is 30.7 Å². The topological polar surface area (TPSA) is 86.4 Å². The molecule has 0 amide bonds. The van der Waals surface area contributed by atoms with E-state index in [1.165, 1.54) is 22.2 Å². The quantitative estimate of drug-likeness (QED) is 0.528. The average Bonchev–Trinajstić information content (AvgIpc) is 3.21. The lowest BCUT2D eigenvalue weighted by Gasteiger charge is -2.02. The number of fused-ring (bicyclic) bond motifs is 1. The number of hydrogen-bond acceptors (Lipinski definition) is 7. The number of nitrogens with zero attached hydrogens (tertiary/aromatic N) is 4. The molecule has 0 N–H and O–H groups in total. The highest BCUT2D eigenvalue weighted by atomic mass is 32.2. The van der Waals surface area contributed by atoms with Crippen molar-refractivity contribution in [1.29, 1.82) is 0 Å². The second-order valence-corrected chi connectivity index (χ2v) is 5.99. The maximum atomic E-state index is 12.1. The van der Waals surface area contributed by atoms with Crippen LogP contribution in [0.5, 0.6) is 0 Å². The van der Waals surface area contributed by atoms with Crippen LogP contribution in [-0.4, -0.2) is 19.6 Å². The van der Waals surface area contributed by atoms with Gasteiger partial charge in [0.1, 0.15) is 11.4 Å². The van der Waals surface area contributed by atoms with Crippen molar-refractivity contribution in [2.24, 2.45) is 0 Å². The van der Waals surface area contributed by atoms with E-state index in [1.807, 2.05) is 13.0 Å². The summed E-state index contributed by atoms with van der Waals surface area (Å²) in [5.41, 5.74) is 1.93. The Morgan fingerprint density at radius 3 is 3.00 bits per heavy atom. The molecule has 0 aliphatic carbocycles. The lowest BCUT2D eigenvalue weighted by molar-refractivity contribution is 0.463. The number of pyridine rings is 1. The number of aromatic nitrogens is 4. The minimum Gasteiger partial charge on any atom is -0.469 e. The minimum atomic E-state index is -0.114. The monoisotopic (exact) mass is 340 g/mol. The van der Waals surface area contributed by atoms with Gasteiger partial charge in [0.05, 0.1) is 17.5 Å². The van der Waals surface area contributed by atoms with Gasteiger partial charge in [0.25, 0.3) is 16.7 Å². The maximum absolute atomic E-state index is 12.1. The van der Waals surface area contributed by atoms with Gasteiger partial charge >= 0.3 is 0 Å². The molecule has 0 saturated heterocycles. The molecule has 0 bridgehead atoms. The van der Waals surface area contributed by atoms with Crippen LogP contribution >= 0.6 is 11.8 Å². The molecule has 0 atom stereocenters. The molecule has 4 aromatic rings. The SMILES string of the molecule is Cc1occc1-c1nnc(SCc2cc(=O)n3ccccc3n2)o1. The van der Waals surface area contributed by atoms with Crippen molar-refractivity contribution in [2.75, 3.05) is 0 Å². The normalized spacial score (nSPS) is 11.2. The first-order chi connectivity index (χ1) is 11.7. The summed E-state index contributed by atoms with van der Waals surface area (Å²) in [7, 11) is 0. The van der Waals surface area contributed by atoms with Crippen LogP contribution in [0.1, 0.15) is 11.5 Å². The van der Waals surface area contributed by atoms with Crippen molar-refractivity contribution in [2.45, 2.75) is 17.9 Å². The minimum absolute atomic E-state index is 0.114. The molecular formula is C16H12N4O3S. The van der Waals surface area contributed by atoms with Crippen LogP contribution in [0.3, 0.4) is 0 Å². The summed E-state index contributed by atoms with van der Waals surface area (Å²) in [6, 6.07) is 8.72. The standard InChI is InChI=1S/C16H12N4O3S/c1-10-12(5-7-22-10)15-18-19-16(23-15)24-9-11-8-14(21)20-6-3-2-4-13(20)17-11/h2-8H,9H2,1H3. The zero-order valence-electron chi connectivity index (χ0n) is 12.7. The number of hydrogen-bond donors (Lipinski definition) is 0. The van der Waals surface area contributed by atoms with Gasteiger partial charge in [-0.3, -0.25) is 9.20 Å². The summed E-state index contributed by atoms with van der Waals surface area (Å²) in [6.07, 6.45) is 3.27. The highest BCUT2D eigenvalue weighted by Crippen LogP contribution is 2.27. The summed E-state index contributed by atoms with van der Waals surface area (Å²) < 4.78 is 12.3. The Morgan fingerprint density at radius 1 is 1.25 bits per heavy atom. The summed E-state index contributed by atoms with van der Waals surface area (Å²) in [5, 5.41) is 8.44. The third-order valence-corrected chi connectivity index (χ3v) is 4.32. The maximum Gasteiger partial charge on any atom is 0.277 e. The van der Waals surface area contributed by atoms with Gasteiger partial charge in [-0.1, -0.05) is 17.8 Å². The molecular weight excluding hydrogens is 328 g/mol. The van der Waals surface area contributed by atoms with E-state index < -0.39 is 0 Å². The molecule has 4 aromatic heterocycles. The number of thioether (sulfide) groups is 1. The molecule has 4 heterocycles. The highest BCUT2D eigenvalue weighted by Gasteiger charge is 2.13. The summed E-state index contributed by atoms with van der Waals surface area (Å²) in [4.78, 5) is 16.5. The molecule has 0 unspecified atom stereocenters. The molecule has 0 saturated carbocycles. The van der Waals surface area contributed by atoms with E-state index in [2.05, 4.69) is 15.2 Å². The largest absolute Gasteiger partial charge is 0.469 e. The lowest BCUT2D eigenvalue weighted by atomic mass is 10.3. The molecule has 0 spiro atoms. The average molecular weight is 340 g/mol. The fraction of sp³-hybridized carbons (Fsp3) is 0.125. The van der Waals surface area contributed by atoms with E-state index in [4.69, 9.17) is 8.83 Å². The van der Waals surface area contributed by atoms with Crippen LogP contribution in [0.15, 0.2) is 61.6 Å². The van der Waals surface area contributed by atoms with E-state index in [0.29, 0.717) is 28.2 Å². The van der Waals surface area contributed by atoms with E-state index >= 15 is 0 Å². The van der Waals surface area contributed by atoms with E-state index in [0.717, 1.165) is 11.3 Å². The molecule has 0 fully saturated rings. The van der Waals surface area contributed by atoms with Crippen molar-refractivity contribution in [3.63, 3.8) is 0 Å². The predicted molar refractivity (Wildman–Crippen MR) is 87.8 cm³/mol. The van der Waals surface area contributed by atoms with Crippen molar-refractivity contribution in [1.82, 2.24) is 19.6 Å². The summed E-state index contributed by atoms with van der Waals surface area (Å²) in [5.74, 6) is 1.60. The fourth-order valence-corrected chi connectivity index (χ4v) is 2.95. The molecule has 0 aliphatic heterocycles. The molecule has 7 nitrogen and oxygen atoms in total. The number of rotatable bonds is 4. The Labute approximate surface area is 140 Å². The molecule has 0 aliphatic rings. The molecule has 0 aromatic carbocycles. The zero-order valence-corrected chi connectivity index (χ0v) is 13.5. The first-order valence-corrected chi connectivity index (χ1v) is 8.17. The summed E-state index contributed by atoms with van der Waals surface area (Å²) in [6.45, 7) is 1.83. The Morgan fingerprint density at radius 2 is 2.17 bits per heavy atom. The van der Waals surface area contributed by atoms with Crippen molar-refractivity contribution >= 4 is 17.4 Å². The van der Waals surface area contributed by atoms with Crippen LogP contribution in [-0.2, 0) is 5.75 Å². The number of aryl methyl sites for hydroxylation is 1. The van der Waals surface area contributed by atoms with Crippen LogP contribution in [0.25, 0.3) is 17.1 Å². The van der Waals surface area contributed by atoms with Gasteiger partial charge in [-0.05, 0) is 25.1 Å². The molecule has 0 radical (unpaired) electrons. The van der Waals surface area contributed by atoms with Crippen molar-refractivity contribution in [3.8, 4) is 11.5 Å². The Balaban J connectivity index is 1.54. The molecule has 8 heteroatoms. The van der Waals surface area contributed by atoms with Crippen molar-refractivity contribution < 1.29 is 8.83 Å². The van der Waals surface area contributed by atoms with Crippen LogP contribution in [0.2, 0.25) is 0 Å². The van der Waals surface area contributed by atoms with Gasteiger partial charge in [-0.2, -0.15) is 0 Å². The van der Waals surface area contributed by atoms with Gasteiger partial charge in [-0.15, -0.1) is 10.2 Å². The Bertz CT molecular complexity index is 1070. The Hall–Kier alpha value is -2.87. The highest BCUT2D eigenvalue weighted by molar-refractivity contribution is 7.98. The van der Waals surface area contributed by atoms with Crippen LogP contribution in [0, 0.1) is 6.92 Å². The lowest BCUT2D eigenvalue weighted by Crippen LogP contribution is -2.14. The molecule has 24 heavy (non-hydrogen) atoms. The number of furan rings is 1. The van der Waals surface area contributed by atoms with E-state index in [-0.39, 0.29) is 5.56 Å². The van der Waals surface area contributed by atoms with Gasteiger partial charge in [-0.25, -0.2) is 4.98 Å². The van der Waals surface area contributed by atoms with Crippen LogP contribution < -0.4 is 5.56 Å². The van der Waals surface area contributed by atoms with Gasteiger partial charge in [0, 0.05) is 18.0 Å². The van der Waals surface area contributed by atoms with E-state index in [9.17, 15) is 4.79 Å². The first kappa shape index (κ1) is 14.7. The van der Waals surface area contributed by atoms with Crippen LogP contribution in [0.4, 0.5) is 0 Å². The first-order valence-electron chi connectivity index (χ1n) is 7.19. The fourth-order valence-electron chi connectivity index (χ4n) is 2.30. The summed E-state index contributed by atoms with van der Waals surface area (Å²) >= 11 is 1.33. The van der Waals surface area contributed by atoms with Gasteiger partial charge < -0.3 is 8.83 Å². The molecule has 120 valence electrons. The van der Waals surface area contributed by atoms with Crippen molar-refractivity contribution in [3.05, 3.63) is 64.6 Å². The van der Waals surface area contributed by atoms with Gasteiger partial charge in [0.15, 0.2) is 0 Å². The second kappa shape index (κ2) is 5.97. The van der Waals surface area contributed by atoms with Gasteiger partial charge in [0.2, 0.25) is 0 Å².